The Hall–Kier alpha value is -3.42. The molecular formula is C22H25N5O3. The fourth-order valence-electron chi connectivity index (χ4n) is 3.93. The normalized spacial score (nSPS) is 15.8. The second-order valence-corrected chi connectivity index (χ2v) is 7.39. The van der Waals surface area contributed by atoms with Crippen LogP contribution in [0.1, 0.15) is 45.5 Å². The highest BCUT2D eigenvalue weighted by molar-refractivity contribution is 6.02. The van der Waals surface area contributed by atoms with Gasteiger partial charge in [0.05, 0.1) is 12.1 Å². The molecule has 0 saturated carbocycles. The first-order valence-corrected chi connectivity index (χ1v) is 10.2. The van der Waals surface area contributed by atoms with Crippen LogP contribution in [-0.2, 0) is 0 Å². The molecular weight excluding hydrogens is 382 g/mol. The predicted molar refractivity (Wildman–Crippen MR) is 114 cm³/mol. The first-order chi connectivity index (χ1) is 14.6. The molecule has 156 valence electrons. The number of piperidine rings is 1. The van der Waals surface area contributed by atoms with Crippen molar-refractivity contribution in [3.8, 4) is 5.75 Å². The van der Waals surface area contributed by atoms with Crippen LogP contribution >= 0.6 is 0 Å². The molecule has 1 saturated heterocycles. The van der Waals surface area contributed by atoms with Gasteiger partial charge >= 0.3 is 0 Å². The van der Waals surface area contributed by atoms with Gasteiger partial charge in [0, 0.05) is 49.4 Å². The first-order valence-electron chi connectivity index (χ1n) is 10.2. The van der Waals surface area contributed by atoms with Gasteiger partial charge in [-0.05, 0) is 43.5 Å². The van der Waals surface area contributed by atoms with E-state index in [1.807, 2.05) is 15.9 Å². The maximum Gasteiger partial charge on any atom is 0.255 e. The quantitative estimate of drug-likeness (QED) is 0.759. The highest BCUT2D eigenvalue weighted by atomic mass is 16.5. The molecule has 0 atom stereocenters. The van der Waals surface area contributed by atoms with E-state index in [4.69, 9.17) is 10.1 Å². The summed E-state index contributed by atoms with van der Waals surface area (Å²) >= 11 is 0. The van der Waals surface area contributed by atoms with E-state index in [0.29, 0.717) is 41.4 Å². The summed E-state index contributed by atoms with van der Waals surface area (Å²) in [6.07, 6.45) is 6.02. The Bertz CT molecular complexity index is 985. The zero-order valence-corrected chi connectivity index (χ0v) is 17.0. The van der Waals surface area contributed by atoms with Crippen molar-refractivity contribution in [1.29, 1.82) is 5.41 Å². The Morgan fingerprint density at radius 2 is 1.97 bits per heavy atom. The van der Waals surface area contributed by atoms with E-state index < -0.39 is 0 Å². The molecule has 30 heavy (non-hydrogen) atoms. The molecule has 2 aromatic rings. The van der Waals surface area contributed by atoms with Crippen LogP contribution in [0.3, 0.4) is 0 Å². The van der Waals surface area contributed by atoms with Crippen LogP contribution < -0.4 is 15.0 Å². The molecule has 1 aromatic heterocycles. The molecule has 0 aliphatic carbocycles. The van der Waals surface area contributed by atoms with Crippen LogP contribution in [0.25, 0.3) is 0 Å². The van der Waals surface area contributed by atoms with Crippen LogP contribution in [0.2, 0.25) is 0 Å². The van der Waals surface area contributed by atoms with E-state index in [1.54, 1.807) is 31.4 Å². The van der Waals surface area contributed by atoms with Crippen LogP contribution in [0.15, 0.2) is 30.5 Å². The average Bonchev–Trinajstić information content (AvgIpc) is 2.82. The zero-order valence-electron chi connectivity index (χ0n) is 17.0. The van der Waals surface area contributed by atoms with E-state index in [9.17, 15) is 9.59 Å². The fourth-order valence-corrected chi connectivity index (χ4v) is 3.93. The second-order valence-electron chi connectivity index (χ2n) is 7.39. The molecule has 0 spiro atoms. The van der Waals surface area contributed by atoms with Gasteiger partial charge in [-0.3, -0.25) is 9.59 Å². The highest BCUT2D eigenvalue weighted by Gasteiger charge is 2.25. The molecule has 0 radical (unpaired) electrons. The molecule has 8 nitrogen and oxygen atoms in total. The summed E-state index contributed by atoms with van der Waals surface area (Å²) in [6, 6.07) is 7.10. The molecule has 0 unspecified atom stereocenters. The monoisotopic (exact) mass is 407 g/mol. The summed E-state index contributed by atoms with van der Waals surface area (Å²) in [5.41, 5.74) is 2.32. The summed E-state index contributed by atoms with van der Waals surface area (Å²) in [6.45, 7) is 2.60. The van der Waals surface area contributed by atoms with Gasteiger partial charge in [0.15, 0.2) is 11.6 Å². The number of nitrogens with zero attached hydrogens (tertiary/aromatic N) is 3. The maximum atomic E-state index is 12.8. The van der Waals surface area contributed by atoms with Crippen molar-refractivity contribution < 1.29 is 14.3 Å². The Morgan fingerprint density at radius 1 is 1.17 bits per heavy atom. The minimum Gasteiger partial charge on any atom is -0.488 e. The van der Waals surface area contributed by atoms with Crippen molar-refractivity contribution in [1.82, 2.24) is 15.2 Å². The topological polar surface area (TPSA) is 98.6 Å². The van der Waals surface area contributed by atoms with Crippen molar-refractivity contribution in [2.75, 3.05) is 38.2 Å². The number of aromatic nitrogens is 1. The number of pyridine rings is 1. The van der Waals surface area contributed by atoms with E-state index in [1.165, 1.54) is 12.6 Å². The Morgan fingerprint density at radius 3 is 2.70 bits per heavy atom. The van der Waals surface area contributed by atoms with E-state index in [0.717, 1.165) is 31.6 Å². The number of hydrogen-bond donors (Lipinski definition) is 2. The number of ether oxygens (including phenoxy) is 1. The van der Waals surface area contributed by atoms with E-state index in [-0.39, 0.29) is 11.8 Å². The predicted octanol–water partition coefficient (Wildman–Crippen LogP) is 2.60. The molecule has 2 aliphatic heterocycles. The number of anilines is 2. The number of hydrogen-bond acceptors (Lipinski definition) is 6. The SMILES string of the molecule is CNC(=O)c1ccc(N2CCOc3cc(C(=O)N4CCCCC4)cnc32)cc1C=N. The number of nitrogens with one attached hydrogen (secondary N) is 2. The van der Waals surface area contributed by atoms with Gasteiger partial charge in [0.2, 0.25) is 0 Å². The summed E-state index contributed by atoms with van der Waals surface area (Å²) in [5.74, 6) is 0.948. The Balaban J connectivity index is 1.63. The third-order valence-electron chi connectivity index (χ3n) is 5.53. The zero-order chi connectivity index (χ0) is 21.1. The standard InChI is InChI=1S/C22H25N5O3/c1-24-21(28)18-6-5-17(11-15(18)13-23)27-9-10-30-19-12-16(14-25-20(19)27)22(29)26-7-3-2-4-8-26/h5-6,11-14,23H,2-4,7-10H2,1H3,(H,24,28). The summed E-state index contributed by atoms with van der Waals surface area (Å²) in [4.78, 5) is 33.2. The number of rotatable bonds is 4. The molecule has 4 rings (SSSR count). The van der Waals surface area contributed by atoms with Gasteiger partial charge in [-0.15, -0.1) is 0 Å². The minimum atomic E-state index is -0.235. The number of likely N-dealkylation sites (tertiary alicyclic amines) is 1. The maximum absolute atomic E-state index is 12.8. The number of fused-ring (bicyclic) bond motifs is 1. The van der Waals surface area contributed by atoms with Crippen LogP contribution in [0.4, 0.5) is 11.5 Å². The lowest BCUT2D eigenvalue weighted by atomic mass is 10.1. The first kappa shape index (κ1) is 19.9. The van der Waals surface area contributed by atoms with Crippen LogP contribution in [0, 0.1) is 5.41 Å². The van der Waals surface area contributed by atoms with Crippen molar-refractivity contribution in [3.05, 3.63) is 47.2 Å². The highest BCUT2D eigenvalue weighted by Crippen LogP contribution is 2.36. The van der Waals surface area contributed by atoms with Crippen LogP contribution in [-0.4, -0.2) is 61.2 Å². The van der Waals surface area contributed by atoms with Gasteiger partial charge in [-0.2, -0.15) is 0 Å². The molecule has 2 aliphatic rings. The van der Waals surface area contributed by atoms with Gasteiger partial charge < -0.3 is 25.3 Å². The third kappa shape index (κ3) is 3.72. The fraction of sp³-hybridized carbons (Fsp3) is 0.364. The number of carbonyl (C=O) groups excluding carboxylic acids is 2. The van der Waals surface area contributed by atoms with Crippen LogP contribution in [0.5, 0.6) is 5.75 Å². The largest absolute Gasteiger partial charge is 0.488 e. The summed E-state index contributed by atoms with van der Waals surface area (Å²) < 4.78 is 5.81. The number of carbonyl (C=O) groups is 2. The summed E-state index contributed by atoms with van der Waals surface area (Å²) in [5, 5.41) is 10.3. The van der Waals surface area contributed by atoms with Gasteiger partial charge in [-0.25, -0.2) is 4.98 Å². The molecule has 3 heterocycles. The third-order valence-corrected chi connectivity index (χ3v) is 5.53. The Kier molecular flexibility index (Phi) is 5.65. The lowest BCUT2D eigenvalue weighted by molar-refractivity contribution is 0.0723. The average molecular weight is 407 g/mol. The lowest BCUT2D eigenvalue weighted by Crippen LogP contribution is -2.36. The van der Waals surface area contributed by atoms with E-state index >= 15 is 0 Å². The molecule has 0 bridgehead atoms. The Labute approximate surface area is 175 Å². The minimum absolute atomic E-state index is 0.00764. The van der Waals surface area contributed by atoms with E-state index in [2.05, 4.69) is 10.3 Å². The molecule has 8 heteroatoms. The van der Waals surface area contributed by atoms with Crippen molar-refractivity contribution in [2.24, 2.45) is 0 Å². The number of benzene rings is 1. The molecule has 2 amide bonds. The summed E-state index contributed by atoms with van der Waals surface area (Å²) in [7, 11) is 1.56. The number of amides is 2. The molecule has 2 N–H and O–H groups in total. The van der Waals surface area contributed by atoms with Gasteiger partial charge in [0.25, 0.3) is 11.8 Å². The second kappa shape index (κ2) is 8.52. The van der Waals surface area contributed by atoms with Gasteiger partial charge in [0.1, 0.15) is 6.61 Å². The molecule has 1 aromatic carbocycles. The van der Waals surface area contributed by atoms with Crippen molar-refractivity contribution >= 4 is 29.5 Å². The van der Waals surface area contributed by atoms with Gasteiger partial charge in [-0.1, -0.05) is 0 Å². The molecule has 1 fully saturated rings. The smallest absolute Gasteiger partial charge is 0.255 e. The van der Waals surface area contributed by atoms with Crippen molar-refractivity contribution in [3.63, 3.8) is 0 Å². The van der Waals surface area contributed by atoms with Crippen molar-refractivity contribution in [2.45, 2.75) is 19.3 Å². The lowest BCUT2D eigenvalue weighted by Gasteiger charge is -2.31.